The molecule has 0 amide bonds. The molecule has 0 saturated carbocycles. The van der Waals surface area contributed by atoms with Crippen molar-refractivity contribution in [1.29, 1.82) is 0 Å². The van der Waals surface area contributed by atoms with Crippen LogP contribution in [0.3, 0.4) is 0 Å². The van der Waals surface area contributed by atoms with Gasteiger partial charge >= 0.3 is 0 Å². The van der Waals surface area contributed by atoms with Gasteiger partial charge in [-0.15, -0.1) is 0 Å². The molecule has 1 N–H and O–H groups in total. The van der Waals surface area contributed by atoms with Gasteiger partial charge in [0.25, 0.3) is 0 Å². The number of benzene rings is 1. The highest BCUT2D eigenvalue weighted by Gasteiger charge is 2.01. The number of halogens is 1. The van der Waals surface area contributed by atoms with Gasteiger partial charge in [0.15, 0.2) is 0 Å². The summed E-state index contributed by atoms with van der Waals surface area (Å²) in [5.74, 6) is 0. The van der Waals surface area contributed by atoms with Gasteiger partial charge in [0, 0.05) is 34.7 Å². The highest BCUT2D eigenvalue weighted by Crippen LogP contribution is 2.20. The van der Waals surface area contributed by atoms with E-state index in [-0.39, 0.29) is 0 Å². The lowest BCUT2D eigenvalue weighted by atomic mass is 10.2. The molecule has 0 radical (unpaired) electrons. The van der Waals surface area contributed by atoms with E-state index < -0.39 is 0 Å². The van der Waals surface area contributed by atoms with E-state index >= 15 is 0 Å². The maximum absolute atomic E-state index is 3.51. The third-order valence-corrected chi connectivity index (χ3v) is 4.66. The Balaban J connectivity index is 1.50. The minimum Gasteiger partial charge on any atom is -0.346 e. The zero-order valence-corrected chi connectivity index (χ0v) is 13.6. The van der Waals surface area contributed by atoms with Gasteiger partial charge in [-0.1, -0.05) is 15.9 Å². The molecule has 0 aliphatic carbocycles. The lowest BCUT2D eigenvalue weighted by Crippen LogP contribution is -2.21. The molecule has 3 aromatic rings. The molecule has 0 saturated heterocycles. The molecule has 4 heteroatoms. The topological polar surface area (TPSA) is 17.0 Å². The number of thiophene rings is 1. The minimum absolute atomic E-state index is 1.00. The molecule has 20 heavy (non-hydrogen) atoms. The summed E-state index contributed by atoms with van der Waals surface area (Å²) in [6.45, 7) is 3.06. The van der Waals surface area contributed by atoms with Crippen LogP contribution in [-0.4, -0.2) is 17.7 Å². The Morgan fingerprint density at radius 2 is 2.10 bits per heavy atom. The monoisotopic (exact) mass is 348 g/mol. The number of fused-ring (bicyclic) bond motifs is 1. The fourth-order valence-corrected chi connectivity index (χ4v) is 3.44. The Morgan fingerprint density at radius 3 is 2.95 bits per heavy atom. The first kappa shape index (κ1) is 13.9. The van der Waals surface area contributed by atoms with Crippen LogP contribution in [0.5, 0.6) is 0 Å². The molecule has 0 bridgehead atoms. The third-order valence-electron chi connectivity index (χ3n) is 3.43. The minimum atomic E-state index is 1.00. The SMILES string of the molecule is Brc1ccc2c(ccn2CCNCCc2ccsc2)c1. The van der Waals surface area contributed by atoms with E-state index in [4.69, 9.17) is 0 Å². The molecule has 3 rings (SSSR count). The first-order chi connectivity index (χ1) is 9.83. The van der Waals surface area contributed by atoms with Crippen molar-refractivity contribution in [2.45, 2.75) is 13.0 Å². The Hall–Kier alpha value is -1.10. The summed E-state index contributed by atoms with van der Waals surface area (Å²) in [6.07, 6.45) is 3.28. The first-order valence-corrected chi connectivity index (χ1v) is 8.53. The number of rotatable bonds is 6. The standard InChI is InChI=1S/C16H17BrN2S/c17-15-1-2-16-14(11-15)4-8-19(16)9-7-18-6-3-13-5-10-20-12-13/h1-2,4-5,8,10-12,18H,3,6-7,9H2. The lowest BCUT2D eigenvalue weighted by Gasteiger charge is -2.07. The average molecular weight is 349 g/mol. The summed E-state index contributed by atoms with van der Waals surface area (Å²) in [7, 11) is 0. The maximum atomic E-state index is 3.51. The Kier molecular flexibility index (Phi) is 4.55. The van der Waals surface area contributed by atoms with E-state index in [0.717, 1.165) is 30.5 Å². The van der Waals surface area contributed by atoms with Crippen LogP contribution in [0.25, 0.3) is 10.9 Å². The van der Waals surface area contributed by atoms with E-state index in [1.165, 1.54) is 16.5 Å². The number of nitrogens with one attached hydrogen (secondary N) is 1. The summed E-state index contributed by atoms with van der Waals surface area (Å²) >= 11 is 5.28. The molecule has 2 aromatic heterocycles. The van der Waals surface area contributed by atoms with Crippen LogP contribution in [0.1, 0.15) is 5.56 Å². The van der Waals surface area contributed by atoms with E-state index in [1.807, 2.05) is 0 Å². The van der Waals surface area contributed by atoms with Crippen LogP contribution >= 0.6 is 27.3 Å². The van der Waals surface area contributed by atoms with Gasteiger partial charge in [-0.25, -0.2) is 0 Å². The molecule has 0 aliphatic heterocycles. The van der Waals surface area contributed by atoms with Crippen molar-refractivity contribution in [3.05, 3.63) is 57.3 Å². The van der Waals surface area contributed by atoms with Crippen molar-refractivity contribution in [2.75, 3.05) is 13.1 Å². The van der Waals surface area contributed by atoms with Crippen molar-refractivity contribution in [1.82, 2.24) is 9.88 Å². The zero-order chi connectivity index (χ0) is 13.8. The van der Waals surface area contributed by atoms with E-state index in [1.54, 1.807) is 11.3 Å². The van der Waals surface area contributed by atoms with Gasteiger partial charge in [0.05, 0.1) is 0 Å². The average Bonchev–Trinajstić information content (AvgIpc) is 3.08. The Labute approximate surface area is 131 Å². The quantitative estimate of drug-likeness (QED) is 0.657. The molecule has 0 unspecified atom stereocenters. The van der Waals surface area contributed by atoms with Crippen LogP contribution in [0.2, 0.25) is 0 Å². The molecule has 2 heterocycles. The molecular formula is C16H17BrN2S. The smallest absolute Gasteiger partial charge is 0.0481 e. The Morgan fingerprint density at radius 1 is 1.15 bits per heavy atom. The first-order valence-electron chi connectivity index (χ1n) is 6.79. The molecule has 0 aliphatic rings. The van der Waals surface area contributed by atoms with E-state index in [9.17, 15) is 0 Å². The van der Waals surface area contributed by atoms with Gasteiger partial charge < -0.3 is 9.88 Å². The maximum Gasteiger partial charge on any atom is 0.0481 e. The second kappa shape index (κ2) is 6.57. The summed E-state index contributed by atoms with van der Waals surface area (Å²) in [6, 6.07) is 10.8. The van der Waals surface area contributed by atoms with Crippen molar-refractivity contribution in [2.24, 2.45) is 0 Å². The van der Waals surface area contributed by atoms with Crippen LogP contribution in [-0.2, 0) is 13.0 Å². The van der Waals surface area contributed by atoms with Crippen LogP contribution in [0.15, 0.2) is 51.8 Å². The van der Waals surface area contributed by atoms with Gasteiger partial charge in [-0.2, -0.15) is 11.3 Å². The van der Waals surface area contributed by atoms with E-state index in [2.05, 4.69) is 73.1 Å². The lowest BCUT2D eigenvalue weighted by molar-refractivity contribution is 0.610. The number of hydrogen-bond acceptors (Lipinski definition) is 2. The molecule has 0 atom stereocenters. The number of nitrogens with zero attached hydrogens (tertiary/aromatic N) is 1. The molecule has 0 spiro atoms. The van der Waals surface area contributed by atoms with Gasteiger partial charge in [-0.05, 0) is 59.6 Å². The number of aromatic nitrogens is 1. The van der Waals surface area contributed by atoms with Gasteiger partial charge in [0.2, 0.25) is 0 Å². The number of hydrogen-bond donors (Lipinski definition) is 1. The van der Waals surface area contributed by atoms with Crippen molar-refractivity contribution in [3.63, 3.8) is 0 Å². The Bertz CT molecular complexity index is 673. The van der Waals surface area contributed by atoms with Gasteiger partial charge in [0.1, 0.15) is 0 Å². The third kappa shape index (κ3) is 3.32. The normalized spacial score (nSPS) is 11.2. The van der Waals surface area contributed by atoms with Crippen LogP contribution < -0.4 is 5.32 Å². The molecule has 0 fully saturated rings. The highest BCUT2D eigenvalue weighted by atomic mass is 79.9. The molecule has 2 nitrogen and oxygen atoms in total. The summed E-state index contributed by atoms with van der Waals surface area (Å²) < 4.78 is 3.44. The predicted molar refractivity (Wildman–Crippen MR) is 90.5 cm³/mol. The second-order valence-electron chi connectivity index (χ2n) is 4.84. The molecular weight excluding hydrogens is 332 g/mol. The fraction of sp³-hybridized carbons (Fsp3) is 0.250. The largest absolute Gasteiger partial charge is 0.346 e. The van der Waals surface area contributed by atoms with Crippen molar-refractivity contribution < 1.29 is 0 Å². The summed E-state index contributed by atoms with van der Waals surface area (Å²) in [4.78, 5) is 0. The van der Waals surface area contributed by atoms with Crippen LogP contribution in [0.4, 0.5) is 0 Å². The van der Waals surface area contributed by atoms with Crippen molar-refractivity contribution >= 4 is 38.2 Å². The van der Waals surface area contributed by atoms with Gasteiger partial charge in [-0.3, -0.25) is 0 Å². The van der Waals surface area contributed by atoms with Crippen LogP contribution in [0, 0.1) is 0 Å². The molecule has 104 valence electrons. The zero-order valence-electron chi connectivity index (χ0n) is 11.2. The van der Waals surface area contributed by atoms with Crippen molar-refractivity contribution in [3.8, 4) is 0 Å². The highest BCUT2D eigenvalue weighted by molar-refractivity contribution is 9.10. The predicted octanol–water partition coefficient (Wildman–Crippen LogP) is 4.30. The molecule has 1 aromatic carbocycles. The second-order valence-corrected chi connectivity index (χ2v) is 6.54. The summed E-state index contributed by atoms with van der Waals surface area (Å²) in [5.41, 5.74) is 2.73. The summed E-state index contributed by atoms with van der Waals surface area (Å²) in [5, 5.41) is 9.16. The fourth-order valence-electron chi connectivity index (χ4n) is 2.36. The van der Waals surface area contributed by atoms with E-state index in [0.29, 0.717) is 0 Å².